The summed E-state index contributed by atoms with van der Waals surface area (Å²) in [6.07, 6.45) is 3.33. The van der Waals surface area contributed by atoms with Crippen molar-refractivity contribution in [3.05, 3.63) is 35.6 Å². The Hall–Kier alpha value is -1.36. The van der Waals surface area contributed by atoms with E-state index in [0.717, 1.165) is 5.56 Å². The van der Waals surface area contributed by atoms with Crippen molar-refractivity contribution in [2.75, 3.05) is 6.26 Å². The maximum Gasteiger partial charge on any atom is 0.180 e. The van der Waals surface area contributed by atoms with Crippen molar-refractivity contribution in [1.82, 2.24) is 0 Å². The van der Waals surface area contributed by atoms with Crippen LogP contribution in [0.2, 0.25) is 0 Å². The molecule has 14 heavy (non-hydrogen) atoms. The Labute approximate surface area is 85.9 Å². The van der Waals surface area contributed by atoms with Crippen molar-refractivity contribution in [3.63, 3.8) is 0 Å². The molecule has 0 amide bonds. The van der Waals surface area contributed by atoms with E-state index in [1.165, 1.54) is 30.1 Å². The van der Waals surface area contributed by atoms with Gasteiger partial charge < -0.3 is 5.73 Å². The fourth-order valence-electron chi connectivity index (χ4n) is 0.742. The van der Waals surface area contributed by atoms with Crippen LogP contribution in [-0.4, -0.2) is 17.6 Å². The first-order valence-electron chi connectivity index (χ1n) is 3.88. The number of benzene rings is 1. The Kier molecular flexibility index (Phi) is 4.12. The fraction of sp³-hybridized carbons (Fsp3) is 0.111. The van der Waals surface area contributed by atoms with Crippen LogP contribution in [0.5, 0.6) is 0 Å². The maximum absolute atomic E-state index is 12.5. The molecular formula is C9H10FN3S. The molecule has 1 rings (SSSR count). The highest BCUT2D eigenvalue weighted by atomic mass is 32.2. The zero-order valence-corrected chi connectivity index (χ0v) is 8.46. The first-order valence-corrected chi connectivity index (χ1v) is 5.11. The molecule has 0 saturated heterocycles. The van der Waals surface area contributed by atoms with E-state index in [1.807, 2.05) is 6.26 Å². The van der Waals surface area contributed by atoms with E-state index in [9.17, 15) is 4.39 Å². The molecule has 0 atom stereocenters. The molecule has 2 N–H and O–H groups in total. The third-order valence-electron chi connectivity index (χ3n) is 1.44. The van der Waals surface area contributed by atoms with Crippen LogP contribution in [0.25, 0.3) is 0 Å². The van der Waals surface area contributed by atoms with Crippen LogP contribution in [0.3, 0.4) is 0 Å². The molecule has 0 radical (unpaired) electrons. The van der Waals surface area contributed by atoms with Crippen LogP contribution in [0.4, 0.5) is 4.39 Å². The molecule has 0 fully saturated rings. The van der Waals surface area contributed by atoms with Gasteiger partial charge in [0.05, 0.1) is 6.21 Å². The molecule has 0 aliphatic rings. The Balaban J connectivity index is 2.65. The molecule has 74 valence electrons. The lowest BCUT2D eigenvalue weighted by molar-refractivity contribution is 0.628. The predicted octanol–water partition coefficient (Wildman–Crippen LogP) is 1.84. The molecular weight excluding hydrogens is 201 g/mol. The minimum absolute atomic E-state index is 0.269. The second kappa shape index (κ2) is 5.39. The Bertz CT molecular complexity index is 346. The molecule has 0 bridgehead atoms. The van der Waals surface area contributed by atoms with E-state index in [4.69, 9.17) is 5.73 Å². The Morgan fingerprint density at radius 2 is 2.07 bits per heavy atom. The molecule has 0 spiro atoms. The highest BCUT2D eigenvalue weighted by Gasteiger charge is 1.89. The average molecular weight is 211 g/mol. The fourth-order valence-corrected chi connectivity index (χ4v) is 0.871. The summed E-state index contributed by atoms with van der Waals surface area (Å²) in [7, 11) is 0. The van der Waals surface area contributed by atoms with Crippen molar-refractivity contribution in [3.8, 4) is 0 Å². The van der Waals surface area contributed by atoms with E-state index in [1.54, 1.807) is 12.1 Å². The highest BCUT2D eigenvalue weighted by Crippen LogP contribution is 2.00. The first kappa shape index (κ1) is 10.7. The van der Waals surface area contributed by atoms with Gasteiger partial charge in [-0.3, -0.25) is 0 Å². The summed E-state index contributed by atoms with van der Waals surface area (Å²) < 4.78 is 12.5. The van der Waals surface area contributed by atoms with Gasteiger partial charge in [0.2, 0.25) is 0 Å². The number of hydrogen-bond donors (Lipinski definition) is 1. The number of amidine groups is 1. The lowest BCUT2D eigenvalue weighted by Gasteiger charge is -1.91. The van der Waals surface area contributed by atoms with Gasteiger partial charge in [-0.25, -0.2) is 4.39 Å². The van der Waals surface area contributed by atoms with Crippen molar-refractivity contribution in [1.29, 1.82) is 0 Å². The van der Waals surface area contributed by atoms with E-state index >= 15 is 0 Å². The van der Waals surface area contributed by atoms with Crippen LogP contribution >= 0.6 is 11.8 Å². The van der Waals surface area contributed by atoms with Gasteiger partial charge in [0.25, 0.3) is 0 Å². The number of nitrogens with two attached hydrogens (primary N) is 1. The second-order valence-electron chi connectivity index (χ2n) is 2.44. The Morgan fingerprint density at radius 1 is 1.43 bits per heavy atom. The quantitative estimate of drug-likeness (QED) is 0.461. The predicted molar refractivity (Wildman–Crippen MR) is 59.1 cm³/mol. The van der Waals surface area contributed by atoms with E-state index in [0.29, 0.717) is 5.17 Å². The second-order valence-corrected chi connectivity index (χ2v) is 3.27. The average Bonchev–Trinajstić information content (AvgIpc) is 2.21. The molecule has 0 unspecified atom stereocenters. The smallest absolute Gasteiger partial charge is 0.180 e. The van der Waals surface area contributed by atoms with Crippen molar-refractivity contribution >= 4 is 23.1 Å². The monoisotopic (exact) mass is 211 g/mol. The normalized spacial score (nSPS) is 12.3. The summed E-state index contributed by atoms with van der Waals surface area (Å²) >= 11 is 1.32. The van der Waals surface area contributed by atoms with Crippen molar-refractivity contribution in [2.24, 2.45) is 15.9 Å². The van der Waals surface area contributed by atoms with Gasteiger partial charge in [0, 0.05) is 0 Å². The molecule has 0 aliphatic heterocycles. The van der Waals surface area contributed by atoms with Crippen molar-refractivity contribution < 1.29 is 4.39 Å². The molecule has 3 nitrogen and oxygen atoms in total. The van der Waals surface area contributed by atoms with Crippen molar-refractivity contribution in [2.45, 2.75) is 0 Å². The van der Waals surface area contributed by atoms with Crippen LogP contribution in [-0.2, 0) is 0 Å². The maximum atomic E-state index is 12.5. The zero-order valence-electron chi connectivity index (χ0n) is 7.64. The number of thioether (sulfide) groups is 1. The molecule has 5 heteroatoms. The molecule has 0 saturated carbocycles. The summed E-state index contributed by atoms with van der Waals surface area (Å²) in [5.74, 6) is -0.269. The third kappa shape index (κ3) is 3.57. The topological polar surface area (TPSA) is 50.7 Å². The minimum Gasteiger partial charge on any atom is -0.377 e. The lowest BCUT2D eigenvalue weighted by Crippen LogP contribution is -2.03. The summed E-state index contributed by atoms with van der Waals surface area (Å²) in [6, 6.07) is 5.96. The van der Waals surface area contributed by atoms with Crippen LogP contribution in [0.15, 0.2) is 34.5 Å². The van der Waals surface area contributed by atoms with Gasteiger partial charge in [-0.1, -0.05) is 23.9 Å². The van der Waals surface area contributed by atoms with Gasteiger partial charge in [0.15, 0.2) is 5.17 Å². The summed E-state index contributed by atoms with van der Waals surface area (Å²) in [4.78, 5) is 0. The number of halogens is 1. The largest absolute Gasteiger partial charge is 0.377 e. The summed E-state index contributed by atoms with van der Waals surface area (Å²) in [6.45, 7) is 0. The summed E-state index contributed by atoms with van der Waals surface area (Å²) in [5.41, 5.74) is 6.18. The number of nitrogens with zero attached hydrogens (tertiary/aromatic N) is 2. The SMILES string of the molecule is CS/C(N)=N/N=C\c1ccc(F)cc1. The summed E-state index contributed by atoms with van der Waals surface area (Å²) in [5, 5.41) is 7.82. The highest BCUT2D eigenvalue weighted by molar-refractivity contribution is 8.13. The molecule has 1 aromatic rings. The van der Waals surface area contributed by atoms with E-state index < -0.39 is 0 Å². The number of hydrogen-bond acceptors (Lipinski definition) is 3. The minimum atomic E-state index is -0.269. The van der Waals surface area contributed by atoms with Gasteiger partial charge in [-0.2, -0.15) is 5.10 Å². The first-order chi connectivity index (χ1) is 6.72. The zero-order chi connectivity index (χ0) is 10.4. The Morgan fingerprint density at radius 3 is 2.64 bits per heavy atom. The molecule has 0 aromatic heterocycles. The molecule has 0 heterocycles. The van der Waals surface area contributed by atoms with E-state index in [2.05, 4.69) is 10.2 Å². The van der Waals surface area contributed by atoms with Gasteiger partial charge in [-0.05, 0) is 24.0 Å². The standard InChI is InChI=1S/C9H10FN3S/c1-14-9(11)13-12-6-7-2-4-8(10)5-3-7/h2-6H,1H3,(H2,11,13)/b12-6-. The van der Waals surface area contributed by atoms with Gasteiger partial charge >= 0.3 is 0 Å². The third-order valence-corrected chi connectivity index (χ3v) is 1.94. The molecule has 1 aromatic carbocycles. The van der Waals surface area contributed by atoms with Gasteiger partial charge in [0.1, 0.15) is 5.82 Å². The van der Waals surface area contributed by atoms with Crippen LogP contribution < -0.4 is 5.73 Å². The number of rotatable bonds is 2. The van der Waals surface area contributed by atoms with Crippen LogP contribution in [0, 0.1) is 5.82 Å². The lowest BCUT2D eigenvalue weighted by atomic mass is 10.2. The van der Waals surface area contributed by atoms with Crippen LogP contribution in [0.1, 0.15) is 5.56 Å². The van der Waals surface area contributed by atoms with Gasteiger partial charge in [-0.15, -0.1) is 5.10 Å². The van der Waals surface area contributed by atoms with E-state index in [-0.39, 0.29) is 5.82 Å². The molecule has 0 aliphatic carbocycles.